The minimum atomic E-state index is -0.464. The van der Waals surface area contributed by atoms with Crippen molar-refractivity contribution in [2.24, 2.45) is 0 Å². The molecule has 29 heavy (non-hydrogen) atoms. The lowest BCUT2D eigenvalue weighted by molar-refractivity contribution is 0.0737. The zero-order chi connectivity index (χ0) is 21.0. The van der Waals surface area contributed by atoms with E-state index in [1.54, 1.807) is 24.1 Å². The Balaban J connectivity index is 1.91. The topological polar surface area (TPSA) is 96.9 Å². The van der Waals surface area contributed by atoms with Gasteiger partial charge in [0.1, 0.15) is 5.69 Å². The van der Waals surface area contributed by atoms with Crippen LogP contribution in [-0.2, 0) is 0 Å². The molecule has 2 heterocycles. The second-order valence-corrected chi connectivity index (χ2v) is 6.92. The van der Waals surface area contributed by atoms with Crippen molar-refractivity contribution in [2.75, 3.05) is 46.7 Å². The fourth-order valence-corrected chi connectivity index (χ4v) is 3.38. The van der Waals surface area contributed by atoms with E-state index in [9.17, 15) is 9.59 Å². The summed E-state index contributed by atoms with van der Waals surface area (Å²) in [6, 6.07) is 3.35. The first-order chi connectivity index (χ1) is 13.9. The zero-order valence-corrected chi connectivity index (χ0v) is 17.0. The van der Waals surface area contributed by atoms with E-state index in [0.29, 0.717) is 22.7 Å². The molecule has 9 heteroatoms. The Kier molecular flexibility index (Phi) is 6.28. The molecule has 0 saturated carbocycles. The van der Waals surface area contributed by atoms with Crippen LogP contribution in [0.4, 0.5) is 5.69 Å². The highest BCUT2D eigenvalue weighted by atomic mass is 16.5. The van der Waals surface area contributed by atoms with Crippen LogP contribution in [0.5, 0.6) is 11.5 Å². The first-order valence-electron chi connectivity index (χ1n) is 9.23. The standard InChI is InChI=1S/C20H25N5O4/c1-24-8-5-14(12-24)25(2)20(27)13-9-15(18(29-4)17(10-13)28-3)23-19(26)16-11-21-6-7-22-16/h6-7,9-11,14H,5,8,12H2,1-4H3,(H,23,26). The summed E-state index contributed by atoms with van der Waals surface area (Å²) in [5.74, 6) is 0.0596. The van der Waals surface area contributed by atoms with E-state index in [-0.39, 0.29) is 17.6 Å². The van der Waals surface area contributed by atoms with E-state index in [4.69, 9.17) is 9.47 Å². The van der Waals surface area contributed by atoms with Crippen LogP contribution in [0.1, 0.15) is 27.3 Å². The summed E-state index contributed by atoms with van der Waals surface area (Å²) in [7, 11) is 6.78. The number of rotatable bonds is 6. The number of aromatic nitrogens is 2. The highest BCUT2D eigenvalue weighted by Gasteiger charge is 2.28. The van der Waals surface area contributed by atoms with Gasteiger partial charge in [-0.3, -0.25) is 14.6 Å². The second-order valence-electron chi connectivity index (χ2n) is 6.92. The van der Waals surface area contributed by atoms with Gasteiger partial charge in [0.05, 0.1) is 26.1 Å². The molecule has 1 unspecified atom stereocenters. The average Bonchev–Trinajstić information content (AvgIpc) is 3.18. The van der Waals surface area contributed by atoms with Gasteiger partial charge >= 0.3 is 0 Å². The predicted octanol–water partition coefficient (Wildman–Crippen LogP) is 1.52. The summed E-state index contributed by atoms with van der Waals surface area (Å²) in [6.45, 7) is 1.78. The third kappa shape index (κ3) is 4.45. The Morgan fingerprint density at radius 2 is 2.03 bits per heavy atom. The minimum Gasteiger partial charge on any atom is -0.493 e. The number of anilines is 1. The zero-order valence-electron chi connectivity index (χ0n) is 17.0. The van der Waals surface area contributed by atoms with E-state index < -0.39 is 5.91 Å². The quantitative estimate of drug-likeness (QED) is 0.787. The molecule has 0 aliphatic carbocycles. The number of carbonyl (C=O) groups is 2. The maximum absolute atomic E-state index is 13.1. The number of benzene rings is 1. The minimum absolute atomic E-state index is 0.137. The van der Waals surface area contributed by atoms with Gasteiger partial charge in [-0.1, -0.05) is 0 Å². The molecule has 1 fully saturated rings. The Hall–Kier alpha value is -3.20. The molecule has 9 nitrogen and oxygen atoms in total. The van der Waals surface area contributed by atoms with Gasteiger partial charge in [0.15, 0.2) is 11.5 Å². The molecule has 1 aliphatic rings. The SMILES string of the molecule is COc1cc(C(=O)N(C)C2CCN(C)C2)cc(NC(=O)c2cnccn2)c1OC. The van der Waals surface area contributed by atoms with Gasteiger partial charge < -0.3 is 24.6 Å². The van der Waals surface area contributed by atoms with E-state index in [1.807, 2.05) is 7.05 Å². The first-order valence-corrected chi connectivity index (χ1v) is 9.23. The van der Waals surface area contributed by atoms with E-state index in [2.05, 4.69) is 20.2 Å². The monoisotopic (exact) mass is 399 g/mol. The van der Waals surface area contributed by atoms with Crippen molar-refractivity contribution in [3.05, 3.63) is 42.0 Å². The lowest BCUT2D eigenvalue weighted by atomic mass is 10.1. The fourth-order valence-electron chi connectivity index (χ4n) is 3.38. The number of likely N-dealkylation sites (tertiary alicyclic amines) is 1. The van der Waals surface area contributed by atoms with Crippen molar-refractivity contribution in [1.82, 2.24) is 19.8 Å². The van der Waals surface area contributed by atoms with Gasteiger partial charge in [0, 0.05) is 37.6 Å². The largest absolute Gasteiger partial charge is 0.493 e. The Labute approximate surface area is 169 Å². The van der Waals surface area contributed by atoms with Crippen molar-refractivity contribution < 1.29 is 19.1 Å². The van der Waals surface area contributed by atoms with Gasteiger partial charge in [0.2, 0.25) is 0 Å². The van der Waals surface area contributed by atoms with Crippen LogP contribution in [0.3, 0.4) is 0 Å². The number of nitrogens with one attached hydrogen (secondary N) is 1. The molecule has 1 aliphatic heterocycles. The molecule has 1 N–H and O–H groups in total. The number of hydrogen-bond donors (Lipinski definition) is 1. The number of nitrogens with zero attached hydrogens (tertiary/aromatic N) is 4. The molecule has 3 rings (SSSR count). The number of methoxy groups -OCH3 is 2. The molecule has 1 atom stereocenters. The van der Waals surface area contributed by atoms with Gasteiger partial charge in [-0.05, 0) is 32.1 Å². The van der Waals surface area contributed by atoms with Crippen molar-refractivity contribution >= 4 is 17.5 Å². The molecule has 1 aromatic heterocycles. The first kappa shape index (κ1) is 20.5. The van der Waals surface area contributed by atoms with E-state index in [1.165, 1.54) is 32.8 Å². The van der Waals surface area contributed by atoms with Gasteiger partial charge in [-0.15, -0.1) is 0 Å². The fraction of sp³-hybridized carbons (Fsp3) is 0.400. The molecule has 2 amide bonds. The maximum atomic E-state index is 13.1. The van der Waals surface area contributed by atoms with Crippen molar-refractivity contribution in [2.45, 2.75) is 12.5 Å². The molecular formula is C20H25N5O4. The normalized spacial score (nSPS) is 16.3. The lowest BCUT2D eigenvalue weighted by Gasteiger charge is -2.25. The average molecular weight is 399 g/mol. The molecule has 0 bridgehead atoms. The van der Waals surface area contributed by atoms with Crippen LogP contribution in [-0.4, -0.2) is 79.0 Å². The van der Waals surface area contributed by atoms with Gasteiger partial charge in [-0.2, -0.15) is 0 Å². The highest BCUT2D eigenvalue weighted by Crippen LogP contribution is 2.37. The highest BCUT2D eigenvalue weighted by molar-refractivity contribution is 6.05. The number of amides is 2. The van der Waals surface area contributed by atoms with Crippen LogP contribution in [0, 0.1) is 0 Å². The van der Waals surface area contributed by atoms with Gasteiger partial charge in [0.25, 0.3) is 11.8 Å². The van der Waals surface area contributed by atoms with Gasteiger partial charge in [-0.25, -0.2) is 4.98 Å². The van der Waals surface area contributed by atoms with E-state index in [0.717, 1.165) is 19.5 Å². The third-order valence-corrected chi connectivity index (χ3v) is 5.00. The summed E-state index contributed by atoms with van der Waals surface area (Å²) in [5, 5.41) is 2.74. The molecule has 1 saturated heterocycles. The van der Waals surface area contributed by atoms with Crippen molar-refractivity contribution in [1.29, 1.82) is 0 Å². The van der Waals surface area contributed by atoms with Crippen LogP contribution < -0.4 is 14.8 Å². The Morgan fingerprint density at radius 1 is 1.24 bits per heavy atom. The number of likely N-dealkylation sites (N-methyl/N-ethyl adjacent to an activating group) is 2. The van der Waals surface area contributed by atoms with Crippen LogP contribution in [0.25, 0.3) is 0 Å². The summed E-state index contributed by atoms with van der Waals surface area (Å²) in [5.41, 5.74) is 0.869. The number of hydrogen-bond acceptors (Lipinski definition) is 7. The molecule has 2 aromatic rings. The van der Waals surface area contributed by atoms with Crippen LogP contribution in [0.2, 0.25) is 0 Å². The van der Waals surface area contributed by atoms with E-state index >= 15 is 0 Å². The lowest BCUT2D eigenvalue weighted by Crippen LogP contribution is -2.38. The molecule has 0 radical (unpaired) electrons. The van der Waals surface area contributed by atoms with Crippen molar-refractivity contribution in [3.63, 3.8) is 0 Å². The summed E-state index contributed by atoms with van der Waals surface area (Å²) in [6.07, 6.45) is 5.19. The Bertz CT molecular complexity index is 890. The number of ether oxygens (including phenoxy) is 2. The van der Waals surface area contributed by atoms with Crippen LogP contribution in [0.15, 0.2) is 30.7 Å². The number of carbonyl (C=O) groups excluding carboxylic acids is 2. The maximum Gasteiger partial charge on any atom is 0.275 e. The summed E-state index contributed by atoms with van der Waals surface area (Å²) in [4.78, 5) is 37.4. The molecular weight excluding hydrogens is 374 g/mol. The molecule has 0 spiro atoms. The molecule has 154 valence electrons. The van der Waals surface area contributed by atoms with Crippen LogP contribution >= 0.6 is 0 Å². The molecule has 1 aromatic carbocycles. The van der Waals surface area contributed by atoms with Crippen molar-refractivity contribution in [3.8, 4) is 11.5 Å². The Morgan fingerprint density at radius 3 is 2.62 bits per heavy atom. The second kappa shape index (κ2) is 8.87. The smallest absolute Gasteiger partial charge is 0.275 e. The third-order valence-electron chi connectivity index (χ3n) is 5.00. The predicted molar refractivity (Wildman–Crippen MR) is 108 cm³/mol. The summed E-state index contributed by atoms with van der Waals surface area (Å²) >= 11 is 0. The summed E-state index contributed by atoms with van der Waals surface area (Å²) < 4.78 is 10.8.